The lowest BCUT2D eigenvalue weighted by Gasteiger charge is -2.03. The Morgan fingerprint density at radius 2 is 1.79 bits per heavy atom. The number of rotatable bonds is 2. The van der Waals surface area contributed by atoms with Crippen LogP contribution in [0.25, 0.3) is 17.3 Å². The fraction of sp³-hybridized carbons (Fsp3) is 0.0526. The fourth-order valence-electron chi connectivity index (χ4n) is 2.92. The van der Waals surface area contributed by atoms with E-state index in [1.807, 2.05) is 49.4 Å². The zero-order valence-corrected chi connectivity index (χ0v) is 13.0. The number of allylic oxidation sites excluding steroid dienone is 1. The summed E-state index contributed by atoms with van der Waals surface area (Å²) >= 11 is 0. The highest BCUT2D eigenvalue weighted by molar-refractivity contribution is 6.31. The molecule has 4 rings (SSSR count). The molecule has 118 valence electrons. The number of hydrogen-bond donors (Lipinski definition) is 2. The summed E-state index contributed by atoms with van der Waals surface area (Å²) in [5.74, 6) is -0.115. The van der Waals surface area contributed by atoms with Crippen molar-refractivity contribution in [2.24, 2.45) is 4.99 Å². The van der Waals surface area contributed by atoms with Crippen LogP contribution in [0.4, 0.5) is 5.69 Å². The second-order valence-electron chi connectivity index (χ2n) is 5.61. The van der Waals surface area contributed by atoms with Crippen molar-refractivity contribution >= 4 is 23.0 Å². The molecule has 0 bridgehead atoms. The molecule has 1 aliphatic heterocycles. The highest BCUT2D eigenvalue weighted by atomic mass is 16.3. The summed E-state index contributed by atoms with van der Waals surface area (Å²) in [6.07, 6.45) is 1.76. The van der Waals surface area contributed by atoms with Crippen molar-refractivity contribution in [3.63, 3.8) is 0 Å². The first-order chi connectivity index (χ1) is 11.6. The Morgan fingerprint density at radius 3 is 2.58 bits per heavy atom. The van der Waals surface area contributed by atoms with E-state index >= 15 is 0 Å². The van der Waals surface area contributed by atoms with Gasteiger partial charge in [-0.1, -0.05) is 36.4 Å². The monoisotopic (exact) mass is 317 g/mol. The molecular weight excluding hydrogens is 302 g/mol. The van der Waals surface area contributed by atoms with E-state index in [0.29, 0.717) is 11.4 Å². The molecule has 0 amide bonds. The summed E-state index contributed by atoms with van der Waals surface area (Å²) in [6.45, 7) is 1.91. The molecule has 24 heavy (non-hydrogen) atoms. The molecule has 1 aromatic heterocycles. The van der Waals surface area contributed by atoms with Crippen LogP contribution in [0.2, 0.25) is 0 Å². The van der Waals surface area contributed by atoms with Crippen molar-refractivity contribution in [2.45, 2.75) is 6.92 Å². The number of aliphatic imine (C=N–C) groups is 1. The molecule has 2 N–H and O–H groups in total. The second kappa shape index (κ2) is 5.38. The number of fused-ring (bicyclic) bond motifs is 1. The van der Waals surface area contributed by atoms with E-state index in [9.17, 15) is 9.90 Å². The van der Waals surface area contributed by atoms with E-state index in [1.165, 1.54) is 4.57 Å². The van der Waals surface area contributed by atoms with Crippen molar-refractivity contribution in [3.05, 3.63) is 76.3 Å². The Kier molecular flexibility index (Phi) is 3.20. The van der Waals surface area contributed by atoms with Gasteiger partial charge in [-0.25, -0.2) is 9.36 Å². The van der Waals surface area contributed by atoms with Gasteiger partial charge in [-0.05, 0) is 31.2 Å². The number of nitrogens with one attached hydrogen (secondary N) is 1. The molecule has 0 fully saturated rings. The van der Waals surface area contributed by atoms with Crippen LogP contribution < -0.4 is 5.69 Å². The first-order valence-electron chi connectivity index (χ1n) is 7.61. The van der Waals surface area contributed by atoms with Crippen molar-refractivity contribution in [1.29, 1.82) is 0 Å². The predicted octanol–water partition coefficient (Wildman–Crippen LogP) is 3.52. The minimum absolute atomic E-state index is 0.115. The van der Waals surface area contributed by atoms with Gasteiger partial charge < -0.3 is 10.1 Å². The molecule has 0 radical (unpaired) electrons. The number of hydrogen-bond acceptors (Lipinski definition) is 3. The Labute approximate surface area is 138 Å². The van der Waals surface area contributed by atoms with Gasteiger partial charge in [-0.3, -0.25) is 4.99 Å². The van der Waals surface area contributed by atoms with E-state index in [2.05, 4.69) is 9.98 Å². The number of nitrogens with zero attached hydrogens (tertiary/aromatic N) is 2. The minimum Gasteiger partial charge on any atom is -0.493 e. The largest absolute Gasteiger partial charge is 0.493 e. The van der Waals surface area contributed by atoms with Gasteiger partial charge in [0.25, 0.3) is 0 Å². The van der Waals surface area contributed by atoms with Crippen LogP contribution in [-0.4, -0.2) is 20.4 Å². The fourth-order valence-corrected chi connectivity index (χ4v) is 2.92. The van der Waals surface area contributed by atoms with Crippen LogP contribution in [0, 0.1) is 0 Å². The summed E-state index contributed by atoms with van der Waals surface area (Å²) in [5, 5.41) is 10.5. The smallest absolute Gasteiger partial charge is 0.333 e. The maximum Gasteiger partial charge on any atom is 0.333 e. The maximum absolute atomic E-state index is 12.3. The van der Waals surface area contributed by atoms with Crippen LogP contribution in [0.3, 0.4) is 0 Å². The number of aromatic hydroxyl groups is 1. The van der Waals surface area contributed by atoms with Gasteiger partial charge in [-0.15, -0.1) is 0 Å². The van der Waals surface area contributed by atoms with Crippen LogP contribution in [0.15, 0.2) is 64.4 Å². The molecule has 0 saturated carbocycles. The first-order valence-corrected chi connectivity index (χ1v) is 7.61. The number of aromatic amines is 1. The van der Waals surface area contributed by atoms with Gasteiger partial charge in [0.15, 0.2) is 0 Å². The summed E-state index contributed by atoms with van der Waals surface area (Å²) in [5.41, 5.74) is 4.22. The van der Waals surface area contributed by atoms with Gasteiger partial charge >= 0.3 is 5.69 Å². The van der Waals surface area contributed by atoms with E-state index in [0.717, 1.165) is 22.5 Å². The van der Waals surface area contributed by atoms with Crippen LogP contribution in [0.5, 0.6) is 5.88 Å². The molecule has 0 spiro atoms. The van der Waals surface area contributed by atoms with Gasteiger partial charge in [0.05, 0.1) is 11.4 Å². The number of imidazole rings is 1. The van der Waals surface area contributed by atoms with Crippen molar-refractivity contribution in [1.82, 2.24) is 9.55 Å². The van der Waals surface area contributed by atoms with Gasteiger partial charge in [0.2, 0.25) is 5.88 Å². The average Bonchev–Trinajstić information content (AvgIpc) is 3.05. The molecule has 2 heterocycles. The molecule has 0 atom stereocenters. The molecule has 0 unspecified atom stereocenters. The molecule has 5 nitrogen and oxygen atoms in total. The minimum atomic E-state index is -0.383. The van der Waals surface area contributed by atoms with Crippen molar-refractivity contribution < 1.29 is 5.11 Å². The SMILES string of the molecule is CC1=Nc2ccccc2/C1=C\c1[nH]c(=O)n(-c2ccccc2)c1O. The zero-order chi connectivity index (χ0) is 16.7. The molecule has 0 aliphatic carbocycles. The van der Waals surface area contributed by atoms with Gasteiger partial charge in [0, 0.05) is 16.8 Å². The van der Waals surface area contributed by atoms with E-state index < -0.39 is 0 Å². The molecule has 1 aliphatic rings. The number of H-pyrrole nitrogens is 1. The Morgan fingerprint density at radius 1 is 1.08 bits per heavy atom. The van der Waals surface area contributed by atoms with E-state index in [4.69, 9.17) is 0 Å². The molecule has 0 saturated heterocycles. The lowest BCUT2D eigenvalue weighted by Crippen LogP contribution is -2.14. The van der Waals surface area contributed by atoms with Crippen LogP contribution >= 0.6 is 0 Å². The lowest BCUT2D eigenvalue weighted by molar-refractivity contribution is 0.440. The third-order valence-electron chi connectivity index (χ3n) is 4.07. The zero-order valence-electron chi connectivity index (χ0n) is 13.0. The normalized spacial score (nSPS) is 14.7. The van der Waals surface area contributed by atoms with E-state index in [-0.39, 0.29) is 11.6 Å². The van der Waals surface area contributed by atoms with Crippen molar-refractivity contribution in [3.8, 4) is 11.6 Å². The Balaban J connectivity index is 1.86. The summed E-state index contributed by atoms with van der Waals surface area (Å²) < 4.78 is 1.25. The Bertz CT molecular complexity index is 1040. The first kappa shape index (κ1) is 14.3. The Hall–Kier alpha value is -3.34. The third kappa shape index (κ3) is 2.18. The maximum atomic E-state index is 12.3. The highest BCUT2D eigenvalue weighted by Gasteiger charge is 2.19. The number of aromatic nitrogens is 2. The van der Waals surface area contributed by atoms with Crippen LogP contribution in [0.1, 0.15) is 18.2 Å². The van der Waals surface area contributed by atoms with Gasteiger partial charge in [0.1, 0.15) is 5.69 Å². The molecule has 2 aromatic carbocycles. The lowest BCUT2D eigenvalue weighted by atomic mass is 10.0. The molecular formula is C19H15N3O2. The second-order valence-corrected chi connectivity index (χ2v) is 5.61. The van der Waals surface area contributed by atoms with Crippen LogP contribution in [-0.2, 0) is 0 Å². The van der Waals surface area contributed by atoms with E-state index in [1.54, 1.807) is 18.2 Å². The highest BCUT2D eigenvalue weighted by Crippen LogP contribution is 2.36. The van der Waals surface area contributed by atoms with Gasteiger partial charge in [-0.2, -0.15) is 0 Å². The average molecular weight is 317 g/mol. The topological polar surface area (TPSA) is 70.4 Å². The number of para-hydroxylation sites is 2. The van der Waals surface area contributed by atoms with Crippen molar-refractivity contribution in [2.75, 3.05) is 0 Å². The molecule has 3 aromatic rings. The molecule has 5 heteroatoms. The third-order valence-corrected chi connectivity index (χ3v) is 4.07. The number of benzene rings is 2. The summed E-state index contributed by atoms with van der Waals surface area (Å²) in [4.78, 5) is 19.5. The standard InChI is InChI=1S/C19H15N3O2/c1-12-15(14-9-5-6-10-16(14)20-12)11-17-18(23)22(19(24)21-17)13-7-3-2-4-8-13/h2-11,23H,1H3,(H,21,24)/b15-11-. The quantitative estimate of drug-likeness (QED) is 0.759. The predicted molar refractivity (Wildman–Crippen MR) is 95.1 cm³/mol. The summed E-state index contributed by atoms with van der Waals surface area (Å²) in [6, 6.07) is 16.8. The summed E-state index contributed by atoms with van der Waals surface area (Å²) in [7, 11) is 0.